The van der Waals surface area contributed by atoms with Crippen LogP contribution in [0.3, 0.4) is 0 Å². The van der Waals surface area contributed by atoms with Crippen molar-refractivity contribution >= 4 is 17.7 Å². The average Bonchev–Trinajstić information content (AvgIpc) is 3.25. The monoisotopic (exact) mass is 399 g/mol. The number of carbonyl (C=O) groups is 1. The molecule has 0 saturated heterocycles. The van der Waals surface area contributed by atoms with Crippen LogP contribution in [-0.4, -0.2) is 26.5 Å². The molecule has 0 saturated carbocycles. The molecule has 1 unspecified atom stereocenters. The Bertz CT molecular complexity index is 920. The lowest BCUT2D eigenvalue weighted by Crippen LogP contribution is -2.31. The summed E-state index contributed by atoms with van der Waals surface area (Å²) in [5, 5.41) is 11.8. The maximum absolute atomic E-state index is 12.5. The number of nitrogen functional groups attached to an aromatic ring is 1. The molecule has 7 nitrogen and oxygen atoms in total. The molecular formula is C20H25N5O2S. The minimum Gasteiger partial charge on any atom is -0.469 e. The van der Waals surface area contributed by atoms with Gasteiger partial charge in [0.15, 0.2) is 5.82 Å². The number of furan rings is 1. The van der Waals surface area contributed by atoms with Crippen LogP contribution in [0.1, 0.15) is 37.6 Å². The first-order valence-electron chi connectivity index (χ1n) is 9.17. The summed E-state index contributed by atoms with van der Waals surface area (Å²) in [5.41, 5.74) is 1.89. The molecule has 28 heavy (non-hydrogen) atoms. The van der Waals surface area contributed by atoms with E-state index in [4.69, 9.17) is 10.3 Å². The third kappa shape index (κ3) is 4.75. The van der Waals surface area contributed by atoms with Gasteiger partial charge in [0.1, 0.15) is 5.76 Å². The number of amides is 1. The number of carbonyl (C=O) groups excluding carboxylic acids is 1. The Hall–Kier alpha value is -2.74. The van der Waals surface area contributed by atoms with Crippen molar-refractivity contribution in [3.63, 3.8) is 0 Å². The molecule has 3 aromatic rings. The molecule has 0 spiro atoms. The average molecular weight is 400 g/mol. The lowest BCUT2D eigenvalue weighted by molar-refractivity contribution is -0.119. The summed E-state index contributed by atoms with van der Waals surface area (Å²) in [6, 6.07) is 11.8. The van der Waals surface area contributed by atoms with Gasteiger partial charge in [-0.1, -0.05) is 55.9 Å². The third-order valence-corrected chi connectivity index (χ3v) is 5.28. The van der Waals surface area contributed by atoms with Gasteiger partial charge in [-0.05, 0) is 30.9 Å². The topological polar surface area (TPSA) is 99.0 Å². The summed E-state index contributed by atoms with van der Waals surface area (Å²) in [5.74, 6) is 7.94. The summed E-state index contributed by atoms with van der Waals surface area (Å²) >= 11 is 1.26. The molecule has 148 valence electrons. The van der Waals surface area contributed by atoms with Crippen molar-refractivity contribution in [1.82, 2.24) is 20.2 Å². The number of rotatable bonds is 8. The van der Waals surface area contributed by atoms with E-state index >= 15 is 0 Å². The van der Waals surface area contributed by atoms with Gasteiger partial charge < -0.3 is 15.6 Å². The van der Waals surface area contributed by atoms with Crippen molar-refractivity contribution in [1.29, 1.82) is 0 Å². The van der Waals surface area contributed by atoms with Gasteiger partial charge in [-0.15, -0.1) is 10.2 Å². The molecule has 3 rings (SSSR count). The second-order valence-corrected chi connectivity index (χ2v) is 7.96. The number of thioether (sulfide) groups is 1. The van der Waals surface area contributed by atoms with Crippen molar-refractivity contribution in [2.24, 2.45) is 5.92 Å². The van der Waals surface area contributed by atoms with Crippen molar-refractivity contribution in [3.05, 3.63) is 54.0 Å². The first-order valence-corrected chi connectivity index (χ1v) is 10.2. The zero-order valence-electron chi connectivity index (χ0n) is 16.3. The number of aromatic nitrogens is 3. The van der Waals surface area contributed by atoms with E-state index in [0.717, 1.165) is 17.5 Å². The summed E-state index contributed by atoms with van der Waals surface area (Å²) in [4.78, 5) is 12.5. The van der Waals surface area contributed by atoms with Crippen LogP contribution in [0.2, 0.25) is 0 Å². The number of nitrogens with zero attached hydrogens (tertiary/aromatic N) is 3. The van der Waals surface area contributed by atoms with Crippen molar-refractivity contribution in [3.8, 4) is 11.4 Å². The predicted octanol–water partition coefficient (Wildman–Crippen LogP) is 3.56. The van der Waals surface area contributed by atoms with Crippen LogP contribution < -0.4 is 11.2 Å². The lowest BCUT2D eigenvalue weighted by Gasteiger charge is -2.21. The van der Waals surface area contributed by atoms with Crippen LogP contribution >= 0.6 is 11.8 Å². The standard InChI is InChI=1S/C20H25N5O2S/c1-13(2)11-17(15-7-5-4-6-8-15)22-18(26)12-28-20-24-23-19(25(20)21)16-9-10-27-14(16)3/h4-10,13,17H,11-12,21H2,1-3H3,(H,22,26). The molecule has 0 aliphatic carbocycles. The van der Waals surface area contributed by atoms with Gasteiger partial charge in [0.05, 0.1) is 23.6 Å². The van der Waals surface area contributed by atoms with Crippen LogP contribution in [0.5, 0.6) is 0 Å². The minimum absolute atomic E-state index is 0.0193. The van der Waals surface area contributed by atoms with Gasteiger partial charge in [-0.25, -0.2) is 4.68 Å². The Labute approximate surface area is 168 Å². The fraction of sp³-hybridized carbons (Fsp3) is 0.350. The minimum atomic E-state index is -0.0662. The molecule has 1 aromatic carbocycles. The van der Waals surface area contributed by atoms with E-state index in [1.807, 2.05) is 37.3 Å². The zero-order chi connectivity index (χ0) is 20.1. The van der Waals surface area contributed by atoms with E-state index in [-0.39, 0.29) is 17.7 Å². The molecule has 1 amide bonds. The number of aryl methyl sites for hydroxylation is 1. The summed E-state index contributed by atoms with van der Waals surface area (Å²) in [6.07, 6.45) is 2.45. The molecule has 0 radical (unpaired) electrons. The van der Waals surface area contributed by atoms with E-state index in [1.54, 1.807) is 12.3 Å². The second-order valence-electron chi connectivity index (χ2n) is 7.02. The van der Waals surface area contributed by atoms with Crippen LogP contribution in [0.15, 0.2) is 52.2 Å². The van der Waals surface area contributed by atoms with Crippen LogP contribution in [0.25, 0.3) is 11.4 Å². The van der Waals surface area contributed by atoms with Gasteiger partial charge in [0.2, 0.25) is 11.1 Å². The van der Waals surface area contributed by atoms with E-state index in [2.05, 4.69) is 29.4 Å². The molecule has 8 heteroatoms. The van der Waals surface area contributed by atoms with Gasteiger partial charge >= 0.3 is 0 Å². The summed E-state index contributed by atoms with van der Waals surface area (Å²) in [7, 11) is 0. The molecule has 2 aromatic heterocycles. The van der Waals surface area contributed by atoms with Crippen molar-refractivity contribution < 1.29 is 9.21 Å². The number of nitrogens with one attached hydrogen (secondary N) is 1. The number of benzene rings is 1. The number of nitrogens with two attached hydrogens (primary N) is 1. The Balaban J connectivity index is 1.63. The summed E-state index contributed by atoms with van der Waals surface area (Å²) in [6.45, 7) is 6.13. The van der Waals surface area contributed by atoms with Crippen molar-refractivity contribution in [2.75, 3.05) is 11.6 Å². The highest BCUT2D eigenvalue weighted by molar-refractivity contribution is 7.99. The first kappa shape index (κ1) is 20.0. The maximum Gasteiger partial charge on any atom is 0.230 e. The van der Waals surface area contributed by atoms with E-state index < -0.39 is 0 Å². The largest absolute Gasteiger partial charge is 0.469 e. The van der Waals surface area contributed by atoms with E-state index in [9.17, 15) is 4.79 Å². The number of hydrogen-bond donors (Lipinski definition) is 2. The normalized spacial score (nSPS) is 12.3. The fourth-order valence-corrected chi connectivity index (χ4v) is 3.64. The Morgan fingerprint density at radius 1 is 1.25 bits per heavy atom. The molecule has 1 atom stereocenters. The van der Waals surface area contributed by atoms with Gasteiger partial charge in [-0.3, -0.25) is 4.79 Å². The number of hydrogen-bond acceptors (Lipinski definition) is 6. The van der Waals surface area contributed by atoms with Crippen LogP contribution in [0, 0.1) is 12.8 Å². The molecule has 3 N–H and O–H groups in total. The molecule has 0 bridgehead atoms. The predicted molar refractivity (Wildman–Crippen MR) is 110 cm³/mol. The Morgan fingerprint density at radius 2 is 2.00 bits per heavy atom. The van der Waals surface area contributed by atoms with E-state index in [1.165, 1.54) is 16.4 Å². The fourth-order valence-electron chi connectivity index (χ4n) is 2.98. The Kier molecular flexibility index (Phi) is 6.41. The lowest BCUT2D eigenvalue weighted by atomic mass is 9.97. The van der Waals surface area contributed by atoms with Gasteiger partial charge in [0, 0.05) is 0 Å². The van der Waals surface area contributed by atoms with Crippen molar-refractivity contribution in [2.45, 2.75) is 38.4 Å². The highest BCUT2D eigenvalue weighted by Gasteiger charge is 2.19. The maximum atomic E-state index is 12.5. The Morgan fingerprint density at radius 3 is 2.64 bits per heavy atom. The third-order valence-electron chi connectivity index (χ3n) is 4.34. The van der Waals surface area contributed by atoms with Gasteiger partial charge in [-0.2, -0.15) is 0 Å². The van der Waals surface area contributed by atoms with E-state index in [0.29, 0.717) is 22.7 Å². The first-order chi connectivity index (χ1) is 13.5. The smallest absolute Gasteiger partial charge is 0.230 e. The molecular weight excluding hydrogens is 374 g/mol. The zero-order valence-corrected chi connectivity index (χ0v) is 17.1. The second kappa shape index (κ2) is 8.97. The SMILES string of the molecule is Cc1occc1-c1nnc(SCC(=O)NC(CC(C)C)c2ccccc2)n1N. The summed E-state index contributed by atoms with van der Waals surface area (Å²) < 4.78 is 6.68. The molecule has 0 aliphatic rings. The van der Waals surface area contributed by atoms with Crippen LogP contribution in [-0.2, 0) is 4.79 Å². The molecule has 2 heterocycles. The quantitative estimate of drug-likeness (QED) is 0.444. The highest BCUT2D eigenvalue weighted by Crippen LogP contribution is 2.25. The molecule has 0 fully saturated rings. The van der Waals surface area contributed by atoms with Crippen LogP contribution in [0.4, 0.5) is 0 Å². The highest BCUT2D eigenvalue weighted by atomic mass is 32.2. The molecule has 0 aliphatic heterocycles. The van der Waals surface area contributed by atoms with Gasteiger partial charge in [0.25, 0.3) is 0 Å².